The summed E-state index contributed by atoms with van der Waals surface area (Å²) in [6.07, 6.45) is 0.792. The van der Waals surface area contributed by atoms with Gasteiger partial charge in [0.2, 0.25) is 0 Å². The molecule has 72 valence electrons. The maximum atomic E-state index is 13.5. The molecular formula is C12H17F. The minimum Gasteiger partial charge on any atom is -0.206 e. The standard InChI is InChI=1S/C12H17F/c1-9-6-5-7-10(11(9)13)8-12(2,3)4/h5-7H,8H2,1-4H3. The van der Waals surface area contributed by atoms with Crippen LogP contribution < -0.4 is 0 Å². The molecule has 1 aromatic rings. The molecule has 1 rings (SSSR count). The van der Waals surface area contributed by atoms with E-state index in [0.29, 0.717) is 0 Å². The molecule has 0 saturated heterocycles. The van der Waals surface area contributed by atoms with Gasteiger partial charge in [-0.15, -0.1) is 0 Å². The van der Waals surface area contributed by atoms with Gasteiger partial charge < -0.3 is 0 Å². The van der Waals surface area contributed by atoms with Crippen molar-refractivity contribution in [3.63, 3.8) is 0 Å². The van der Waals surface area contributed by atoms with Crippen molar-refractivity contribution in [3.8, 4) is 0 Å². The second kappa shape index (κ2) is 3.49. The predicted octanol–water partition coefficient (Wildman–Crippen LogP) is 3.72. The van der Waals surface area contributed by atoms with Gasteiger partial charge in [-0.05, 0) is 29.9 Å². The summed E-state index contributed by atoms with van der Waals surface area (Å²) in [5.74, 6) is -0.0441. The van der Waals surface area contributed by atoms with Crippen molar-refractivity contribution in [2.24, 2.45) is 5.41 Å². The minimum absolute atomic E-state index is 0.0441. The number of hydrogen-bond donors (Lipinski definition) is 0. The molecule has 0 saturated carbocycles. The van der Waals surface area contributed by atoms with E-state index in [2.05, 4.69) is 20.8 Å². The van der Waals surface area contributed by atoms with Crippen LogP contribution >= 0.6 is 0 Å². The zero-order chi connectivity index (χ0) is 10.1. The Kier molecular flexibility index (Phi) is 2.74. The fourth-order valence-corrected chi connectivity index (χ4v) is 1.42. The topological polar surface area (TPSA) is 0 Å². The smallest absolute Gasteiger partial charge is 0.129 e. The summed E-state index contributed by atoms with van der Waals surface area (Å²) in [4.78, 5) is 0. The van der Waals surface area contributed by atoms with Crippen LogP contribution in [0.5, 0.6) is 0 Å². The first-order valence-corrected chi connectivity index (χ1v) is 4.64. The number of aryl methyl sites for hydroxylation is 1. The normalized spacial score (nSPS) is 11.8. The van der Waals surface area contributed by atoms with Crippen LogP contribution in [-0.4, -0.2) is 0 Å². The Morgan fingerprint density at radius 1 is 1.23 bits per heavy atom. The second-order valence-corrected chi connectivity index (χ2v) is 4.79. The Balaban J connectivity index is 2.96. The third-order valence-corrected chi connectivity index (χ3v) is 1.99. The lowest BCUT2D eigenvalue weighted by Crippen LogP contribution is -2.10. The van der Waals surface area contributed by atoms with Crippen LogP contribution in [0.15, 0.2) is 18.2 Å². The summed E-state index contributed by atoms with van der Waals surface area (Å²) in [7, 11) is 0. The summed E-state index contributed by atoms with van der Waals surface area (Å²) in [6, 6.07) is 5.59. The van der Waals surface area contributed by atoms with Crippen molar-refractivity contribution < 1.29 is 4.39 Å². The fourth-order valence-electron chi connectivity index (χ4n) is 1.42. The third-order valence-electron chi connectivity index (χ3n) is 1.99. The monoisotopic (exact) mass is 180 g/mol. The highest BCUT2D eigenvalue weighted by molar-refractivity contribution is 5.25. The lowest BCUT2D eigenvalue weighted by molar-refractivity contribution is 0.401. The first-order valence-electron chi connectivity index (χ1n) is 4.64. The van der Waals surface area contributed by atoms with E-state index in [4.69, 9.17) is 0 Å². The van der Waals surface area contributed by atoms with Gasteiger partial charge in [0.1, 0.15) is 5.82 Å². The van der Waals surface area contributed by atoms with Crippen LogP contribution in [0.25, 0.3) is 0 Å². The van der Waals surface area contributed by atoms with Gasteiger partial charge in [-0.25, -0.2) is 4.39 Å². The van der Waals surface area contributed by atoms with Crippen LogP contribution in [-0.2, 0) is 6.42 Å². The Labute approximate surface area is 79.8 Å². The average molecular weight is 180 g/mol. The van der Waals surface area contributed by atoms with Gasteiger partial charge in [-0.2, -0.15) is 0 Å². The highest BCUT2D eigenvalue weighted by Crippen LogP contribution is 2.23. The molecule has 13 heavy (non-hydrogen) atoms. The number of hydrogen-bond acceptors (Lipinski definition) is 0. The van der Waals surface area contributed by atoms with Gasteiger partial charge in [0.15, 0.2) is 0 Å². The molecule has 1 heteroatoms. The van der Waals surface area contributed by atoms with Crippen LogP contribution in [0, 0.1) is 18.2 Å². The van der Waals surface area contributed by atoms with Gasteiger partial charge >= 0.3 is 0 Å². The predicted molar refractivity (Wildman–Crippen MR) is 54.3 cm³/mol. The number of rotatable bonds is 1. The lowest BCUT2D eigenvalue weighted by Gasteiger charge is -2.18. The first-order chi connectivity index (χ1) is 5.90. The number of benzene rings is 1. The molecule has 1 aromatic carbocycles. The molecule has 0 unspecified atom stereocenters. The van der Waals surface area contributed by atoms with Crippen molar-refractivity contribution in [1.82, 2.24) is 0 Å². The molecule has 0 spiro atoms. The third kappa shape index (κ3) is 2.83. The van der Waals surface area contributed by atoms with E-state index in [-0.39, 0.29) is 11.2 Å². The van der Waals surface area contributed by atoms with Crippen LogP contribution in [0.2, 0.25) is 0 Å². The SMILES string of the molecule is Cc1cccc(CC(C)(C)C)c1F. The molecule has 0 N–H and O–H groups in total. The van der Waals surface area contributed by atoms with Crippen LogP contribution in [0.3, 0.4) is 0 Å². The van der Waals surface area contributed by atoms with E-state index < -0.39 is 0 Å². The molecule has 0 heterocycles. The van der Waals surface area contributed by atoms with Gasteiger partial charge in [0.05, 0.1) is 0 Å². The van der Waals surface area contributed by atoms with Crippen molar-refractivity contribution in [2.75, 3.05) is 0 Å². The zero-order valence-electron chi connectivity index (χ0n) is 8.82. The molecule has 0 radical (unpaired) electrons. The maximum absolute atomic E-state index is 13.5. The molecule has 0 atom stereocenters. The van der Waals surface area contributed by atoms with Crippen LogP contribution in [0.1, 0.15) is 31.9 Å². The Morgan fingerprint density at radius 2 is 1.85 bits per heavy atom. The van der Waals surface area contributed by atoms with Crippen molar-refractivity contribution in [1.29, 1.82) is 0 Å². The van der Waals surface area contributed by atoms with Gasteiger partial charge in [-0.1, -0.05) is 39.0 Å². The van der Waals surface area contributed by atoms with Gasteiger partial charge in [-0.3, -0.25) is 0 Å². The lowest BCUT2D eigenvalue weighted by atomic mass is 9.87. The Morgan fingerprint density at radius 3 is 2.38 bits per heavy atom. The summed E-state index contributed by atoms with van der Waals surface area (Å²) in [6.45, 7) is 8.17. The minimum atomic E-state index is -0.0441. The van der Waals surface area contributed by atoms with E-state index in [9.17, 15) is 4.39 Å². The summed E-state index contributed by atoms with van der Waals surface area (Å²) >= 11 is 0. The molecule has 0 bridgehead atoms. The fraction of sp³-hybridized carbons (Fsp3) is 0.500. The highest BCUT2D eigenvalue weighted by Gasteiger charge is 2.14. The molecule has 0 aromatic heterocycles. The second-order valence-electron chi connectivity index (χ2n) is 4.79. The van der Waals surface area contributed by atoms with Crippen molar-refractivity contribution >= 4 is 0 Å². The van der Waals surface area contributed by atoms with Gasteiger partial charge in [0, 0.05) is 0 Å². The largest absolute Gasteiger partial charge is 0.206 e. The van der Waals surface area contributed by atoms with Crippen molar-refractivity contribution in [3.05, 3.63) is 35.1 Å². The number of halogens is 1. The zero-order valence-corrected chi connectivity index (χ0v) is 8.82. The Hall–Kier alpha value is -0.850. The first kappa shape index (κ1) is 10.2. The quantitative estimate of drug-likeness (QED) is 0.618. The molecule has 0 fully saturated rings. The van der Waals surface area contributed by atoms with E-state index >= 15 is 0 Å². The Bertz CT molecular complexity index is 294. The van der Waals surface area contributed by atoms with Gasteiger partial charge in [0.25, 0.3) is 0 Å². The maximum Gasteiger partial charge on any atom is 0.129 e. The van der Waals surface area contributed by atoms with Crippen molar-refractivity contribution in [2.45, 2.75) is 34.1 Å². The summed E-state index contributed by atoms with van der Waals surface area (Å²) < 4.78 is 13.5. The summed E-state index contributed by atoms with van der Waals surface area (Å²) in [5.41, 5.74) is 1.71. The molecule has 0 nitrogen and oxygen atoms in total. The van der Waals surface area contributed by atoms with E-state index in [1.54, 1.807) is 0 Å². The molecular weight excluding hydrogens is 163 g/mol. The van der Waals surface area contributed by atoms with E-state index in [1.165, 1.54) is 0 Å². The van der Waals surface area contributed by atoms with E-state index in [0.717, 1.165) is 17.5 Å². The molecule has 0 aliphatic carbocycles. The van der Waals surface area contributed by atoms with E-state index in [1.807, 2.05) is 25.1 Å². The summed E-state index contributed by atoms with van der Waals surface area (Å²) in [5, 5.41) is 0. The highest BCUT2D eigenvalue weighted by atomic mass is 19.1. The molecule has 0 amide bonds. The molecule has 0 aliphatic heterocycles. The average Bonchev–Trinajstić information content (AvgIpc) is 1.96. The van der Waals surface area contributed by atoms with Crippen LogP contribution in [0.4, 0.5) is 4.39 Å². The molecule has 0 aliphatic rings.